The van der Waals surface area contributed by atoms with Crippen molar-refractivity contribution in [1.82, 2.24) is 10.6 Å². The maximum absolute atomic E-state index is 12.7. The van der Waals surface area contributed by atoms with Gasteiger partial charge in [-0.05, 0) is 54.8 Å². The highest BCUT2D eigenvalue weighted by molar-refractivity contribution is 6.03. The average molecular weight is 617 g/mol. The molecule has 0 aromatic heterocycles. The van der Waals surface area contributed by atoms with Crippen LogP contribution in [0.2, 0.25) is 0 Å². The third-order valence-electron chi connectivity index (χ3n) is 8.52. The number of hydrogen-bond acceptors (Lipinski definition) is 4. The van der Waals surface area contributed by atoms with E-state index in [1.54, 1.807) is 12.1 Å². The van der Waals surface area contributed by atoms with Gasteiger partial charge in [0.05, 0.1) is 5.56 Å². The Morgan fingerprint density at radius 2 is 1.29 bits per heavy atom. The minimum absolute atomic E-state index is 0.0190. The summed E-state index contributed by atoms with van der Waals surface area (Å²) >= 11 is 0. The Morgan fingerprint density at radius 3 is 1.93 bits per heavy atom. The predicted molar refractivity (Wildman–Crippen MR) is 186 cm³/mol. The zero-order valence-corrected chi connectivity index (χ0v) is 27.8. The molecule has 0 saturated heterocycles. The molecule has 0 aliphatic rings. The molecule has 0 unspecified atom stereocenters. The molecule has 3 aromatic carbocycles. The van der Waals surface area contributed by atoms with E-state index >= 15 is 0 Å². The summed E-state index contributed by atoms with van der Waals surface area (Å²) in [5.74, 6) is 0.187. The number of ether oxygens (including phenoxy) is 1. The van der Waals surface area contributed by atoms with Crippen molar-refractivity contribution < 1.29 is 19.4 Å². The number of hydrogen-bond donors (Lipinski definition) is 3. The lowest BCUT2D eigenvalue weighted by Gasteiger charge is -2.17. The summed E-state index contributed by atoms with van der Waals surface area (Å²) in [6, 6.07) is 19.0. The highest BCUT2D eigenvalue weighted by Crippen LogP contribution is 2.28. The number of aromatic hydroxyl groups is 1. The SMILES string of the molecule is CCCCCCCCCCCCCCCc1ccc(O[C@@H](CC)C(=O)NCCCNC(=O)c2ccc3ccccc3c2O)cc1. The summed E-state index contributed by atoms with van der Waals surface area (Å²) in [5, 5.41) is 17.8. The van der Waals surface area contributed by atoms with Crippen LogP contribution in [-0.2, 0) is 11.2 Å². The van der Waals surface area contributed by atoms with Crippen LogP contribution in [0.1, 0.15) is 126 Å². The highest BCUT2D eigenvalue weighted by Gasteiger charge is 2.18. The van der Waals surface area contributed by atoms with Gasteiger partial charge in [0, 0.05) is 18.5 Å². The van der Waals surface area contributed by atoms with Crippen LogP contribution in [-0.4, -0.2) is 36.1 Å². The number of unbranched alkanes of at least 4 members (excludes halogenated alkanes) is 12. The molecular weight excluding hydrogens is 560 g/mol. The maximum atomic E-state index is 12.7. The largest absolute Gasteiger partial charge is 0.506 e. The molecular formula is C39H56N2O4. The second kappa shape index (κ2) is 21.2. The van der Waals surface area contributed by atoms with Crippen molar-refractivity contribution >= 4 is 22.6 Å². The number of fused-ring (bicyclic) bond motifs is 1. The first-order valence-electron chi connectivity index (χ1n) is 17.6. The number of carbonyl (C=O) groups is 2. The fourth-order valence-electron chi connectivity index (χ4n) is 5.72. The Kier molecular flexibility index (Phi) is 17.0. The molecule has 3 aromatic rings. The third-order valence-corrected chi connectivity index (χ3v) is 8.52. The maximum Gasteiger partial charge on any atom is 0.261 e. The molecule has 0 aliphatic carbocycles. The first kappa shape index (κ1) is 35.9. The first-order chi connectivity index (χ1) is 22.0. The van der Waals surface area contributed by atoms with Crippen LogP contribution in [0.15, 0.2) is 60.7 Å². The van der Waals surface area contributed by atoms with Crippen molar-refractivity contribution in [3.05, 3.63) is 71.8 Å². The van der Waals surface area contributed by atoms with E-state index in [9.17, 15) is 14.7 Å². The van der Waals surface area contributed by atoms with E-state index in [2.05, 4.69) is 29.7 Å². The van der Waals surface area contributed by atoms with E-state index in [1.807, 2.05) is 43.3 Å². The van der Waals surface area contributed by atoms with Gasteiger partial charge >= 0.3 is 0 Å². The van der Waals surface area contributed by atoms with Crippen LogP contribution in [0.25, 0.3) is 10.8 Å². The Morgan fingerprint density at radius 1 is 0.689 bits per heavy atom. The number of rotatable bonds is 23. The molecule has 246 valence electrons. The van der Waals surface area contributed by atoms with Gasteiger partial charge < -0.3 is 20.5 Å². The van der Waals surface area contributed by atoms with E-state index in [0.29, 0.717) is 37.1 Å². The van der Waals surface area contributed by atoms with Crippen molar-refractivity contribution in [3.8, 4) is 11.5 Å². The summed E-state index contributed by atoms with van der Waals surface area (Å²) in [7, 11) is 0. The predicted octanol–water partition coefficient (Wildman–Crippen LogP) is 9.27. The van der Waals surface area contributed by atoms with Gasteiger partial charge in [-0.2, -0.15) is 0 Å². The summed E-state index contributed by atoms with van der Waals surface area (Å²) in [5.41, 5.74) is 1.55. The Balaban J connectivity index is 1.24. The lowest BCUT2D eigenvalue weighted by molar-refractivity contribution is -0.128. The molecule has 3 N–H and O–H groups in total. The van der Waals surface area contributed by atoms with Crippen LogP contribution in [0, 0.1) is 0 Å². The molecule has 3 rings (SSSR count). The Labute approximate surface area is 271 Å². The molecule has 0 fully saturated rings. The van der Waals surface area contributed by atoms with Crippen molar-refractivity contribution in [2.24, 2.45) is 0 Å². The van der Waals surface area contributed by atoms with Crippen LogP contribution >= 0.6 is 0 Å². The summed E-state index contributed by atoms with van der Waals surface area (Å²) in [4.78, 5) is 25.3. The van der Waals surface area contributed by atoms with Gasteiger partial charge in [-0.25, -0.2) is 0 Å². The lowest BCUT2D eigenvalue weighted by Crippen LogP contribution is -2.39. The number of aryl methyl sites for hydroxylation is 1. The van der Waals surface area contributed by atoms with Crippen LogP contribution in [0.3, 0.4) is 0 Å². The number of nitrogens with one attached hydrogen (secondary N) is 2. The van der Waals surface area contributed by atoms with Crippen LogP contribution in [0.5, 0.6) is 11.5 Å². The van der Waals surface area contributed by atoms with Gasteiger partial charge in [0.1, 0.15) is 11.5 Å². The lowest BCUT2D eigenvalue weighted by atomic mass is 10.0. The number of phenolic OH excluding ortho intramolecular Hbond substituents is 1. The smallest absolute Gasteiger partial charge is 0.261 e. The Hall–Kier alpha value is -3.54. The number of amides is 2. The second-order valence-corrected chi connectivity index (χ2v) is 12.2. The molecule has 6 heteroatoms. The quantitative estimate of drug-likeness (QED) is 0.0927. The van der Waals surface area contributed by atoms with Crippen molar-refractivity contribution in [2.45, 2.75) is 123 Å². The van der Waals surface area contributed by atoms with Crippen molar-refractivity contribution in [1.29, 1.82) is 0 Å². The molecule has 0 aliphatic heterocycles. The highest BCUT2D eigenvalue weighted by atomic mass is 16.5. The molecule has 2 amide bonds. The zero-order chi connectivity index (χ0) is 32.1. The molecule has 0 bridgehead atoms. The fraction of sp³-hybridized carbons (Fsp3) is 0.538. The molecule has 1 atom stereocenters. The van der Waals surface area contributed by atoms with E-state index < -0.39 is 6.10 Å². The molecule has 0 radical (unpaired) electrons. The summed E-state index contributed by atoms with van der Waals surface area (Å²) in [6.07, 6.45) is 19.4. The average Bonchev–Trinajstić information content (AvgIpc) is 3.06. The number of phenols is 1. The number of benzene rings is 3. The van der Waals surface area contributed by atoms with E-state index in [-0.39, 0.29) is 23.1 Å². The third kappa shape index (κ3) is 13.2. The van der Waals surface area contributed by atoms with Gasteiger partial charge in [0.15, 0.2) is 6.10 Å². The van der Waals surface area contributed by atoms with Crippen molar-refractivity contribution in [2.75, 3.05) is 13.1 Å². The molecule has 0 spiro atoms. The van der Waals surface area contributed by atoms with Gasteiger partial charge in [-0.1, -0.05) is 133 Å². The monoisotopic (exact) mass is 616 g/mol. The van der Waals surface area contributed by atoms with Crippen LogP contribution < -0.4 is 15.4 Å². The summed E-state index contributed by atoms with van der Waals surface area (Å²) < 4.78 is 5.99. The first-order valence-corrected chi connectivity index (χ1v) is 17.6. The van der Waals surface area contributed by atoms with E-state index in [0.717, 1.165) is 11.8 Å². The minimum Gasteiger partial charge on any atom is -0.506 e. The van der Waals surface area contributed by atoms with Gasteiger partial charge in [-0.3, -0.25) is 9.59 Å². The Bertz CT molecular complexity index is 1270. The molecule has 0 heterocycles. The van der Waals surface area contributed by atoms with E-state index in [4.69, 9.17) is 4.74 Å². The van der Waals surface area contributed by atoms with Crippen molar-refractivity contribution in [3.63, 3.8) is 0 Å². The normalized spacial score (nSPS) is 11.8. The van der Waals surface area contributed by atoms with Gasteiger partial charge in [-0.15, -0.1) is 0 Å². The topological polar surface area (TPSA) is 87.7 Å². The minimum atomic E-state index is -0.568. The second-order valence-electron chi connectivity index (χ2n) is 12.2. The van der Waals surface area contributed by atoms with E-state index in [1.165, 1.54) is 89.0 Å². The van der Waals surface area contributed by atoms with Gasteiger partial charge in [0.2, 0.25) is 0 Å². The zero-order valence-electron chi connectivity index (χ0n) is 27.8. The number of carbonyl (C=O) groups excluding carboxylic acids is 2. The molecule has 6 nitrogen and oxygen atoms in total. The molecule has 0 saturated carbocycles. The molecule has 45 heavy (non-hydrogen) atoms. The van der Waals surface area contributed by atoms with Crippen LogP contribution in [0.4, 0.5) is 0 Å². The fourth-order valence-corrected chi connectivity index (χ4v) is 5.72. The standard InChI is InChI=1S/C39H56N2O4/c1-3-5-6-7-8-9-10-11-12-13-14-15-16-20-31-23-26-33(27-24-31)45-36(4-2)39(44)41-30-19-29-40-38(43)35-28-25-32-21-17-18-22-34(32)37(35)42/h17-18,21-28,36,42H,3-16,19-20,29-30H2,1-2H3,(H,40,43)(H,41,44)/t36-/m0/s1. The van der Waals surface area contributed by atoms with Gasteiger partial charge in [0.25, 0.3) is 11.8 Å². The summed E-state index contributed by atoms with van der Waals surface area (Å²) in [6.45, 7) is 5.01.